The second-order valence-corrected chi connectivity index (χ2v) is 9.88. The van der Waals surface area contributed by atoms with E-state index in [0.717, 1.165) is 10.9 Å². The van der Waals surface area contributed by atoms with E-state index < -0.39 is 10.2 Å². The molecule has 0 spiro atoms. The predicted molar refractivity (Wildman–Crippen MR) is 136 cm³/mol. The minimum atomic E-state index is -3.97. The van der Waals surface area contributed by atoms with Crippen molar-refractivity contribution in [3.63, 3.8) is 0 Å². The summed E-state index contributed by atoms with van der Waals surface area (Å²) in [5, 5.41) is 0. The summed E-state index contributed by atoms with van der Waals surface area (Å²) < 4.78 is 58.5. The van der Waals surface area contributed by atoms with Crippen molar-refractivity contribution >= 4 is 32.0 Å². The molecule has 0 bridgehead atoms. The smallest absolute Gasteiger partial charge is 0.316 e. The Kier molecular flexibility index (Phi) is 9.27. The summed E-state index contributed by atoms with van der Waals surface area (Å²) in [5.41, 5.74) is 0.870. The van der Waals surface area contributed by atoms with Crippen LogP contribution >= 0.6 is 15.9 Å². The molecule has 3 heterocycles. The molecule has 3 aromatic rings. The van der Waals surface area contributed by atoms with Crippen molar-refractivity contribution in [3.05, 3.63) is 41.4 Å². The standard InChI is InChI=1S/C22H25BrN6O7S/c1-2-6-32-7-5-28-37(30,31)29-20-19(15-3-4-17-18(10-15)36-14-35-17)21(27-13-26-20)33-8-9-34-22-24-11-16(23)12-25-22/h3-4,10-13,28H,2,5-9,14H2,1H3,(H,26,27,29). The van der Waals surface area contributed by atoms with Crippen LogP contribution in [0.1, 0.15) is 13.3 Å². The number of rotatable bonds is 14. The van der Waals surface area contributed by atoms with Crippen LogP contribution in [0.4, 0.5) is 5.82 Å². The normalized spacial score (nSPS) is 12.4. The summed E-state index contributed by atoms with van der Waals surface area (Å²) >= 11 is 3.26. The minimum absolute atomic E-state index is 0.0167. The Morgan fingerprint density at radius 2 is 1.78 bits per heavy atom. The highest BCUT2D eigenvalue weighted by Crippen LogP contribution is 2.40. The third-order valence-electron chi connectivity index (χ3n) is 4.74. The number of hydrogen-bond acceptors (Lipinski definition) is 11. The predicted octanol–water partition coefficient (Wildman–Crippen LogP) is 2.56. The fourth-order valence-corrected chi connectivity index (χ4v) is 4.21. The van der Waals surface area contributed by atoms with Crippen LogP contribution in [0.3, 0.4) is 0 Å². The number of benzene rings is 1. The fraction of sp³-hybridized carbons (Fsp3) is 0.364. The number of halogens is 1. The maximum atomic E-state index is 12.7. The van der Waals surface area contributed by atoms with E-state index in [1.807, 2.05) is 6.92 Å². The van der Waals surface area contributed by atoms with Crippen molar-refractivity contribution in [3.8, 4) is 34.5 Å². The molecule has 0 aliphatic carbocycles. The van der Waals surface area contributed by atoms with Crippen LogP contribution in [0.25, 0.3) is 11.1 Å². The number of ether oxygens (including phenoxy) is 5. The Bertz CT molecular complexity index is 1300. The lowest BCUT2D eigenvalue weighted by Crippen LogP contribution is -2.33. The maximum absolute atomic E-state index is 12.7. The van der Waals surface area contributed by atoms with Crippen LogP contribution in [-0.4, -0.2) is 68.1 Å². The van der Waals surface area contributed by atoms with Gasteiger partial charge in [-0.3, -0.25) is 4.72 Å². The van der Waals surface area contributed by atoms with E-state index in [4.69, 9.17) is 23.7 Å². The molecular formula is C22H25BrN6O7S. The fourth-order valence-electron chi connectivity index (χ4n) is 3.17. The van der Waals surface area contributed by atoms with Gasteiger partial charge >= 0.3 is 6.01 Å². The first-order valence-electron chi connectivity index (χ1n) is 11.3. The summed E-state index contributed by atoms with van der Waals surface area (Å²) in [5.74, 6) is 1.23. The molecule has 2 N–H and O–H groups in total. The van der Waals surface area contributed by atoms with Crippen LogP contribution in [0.5, 0.6) is 23.4 Å². The van der Waals surface area contributed by atoms with Crippen molar-refractivity contribution in [2.45, 2.75) is 13.3 Å². The van der Waals surface area contributed by atoms with Crippen LogP contribution in [0.2, 0.25) is 0 Å². The lowest BCUT2D eigenvalue weighted by atomic mass is 10.1. The van der Waals surface area contributed by atoms with Gasteiger partial charge in [0.1, 0.15) is 19.5 Å². The average Bonchev–Trinajstić information content (AvgIpc) is 3.35. The molecule has 0 radical (unpaired) electrons. The van der Waals surface area contributed by atoms with E-state index in [0.29, 0.717) is 29.2 Å². The van der Waals surface area contributed by atoms with Gasteiger partial charge in [0, 0.05) is 25.5 Å². The summed E-state index contributed by atoms with van der Waals surface area (Å²) in [4.78, 5) is 16.4. The molecule has 1 aliphatic heterocycles. The SMILES string of the molecule is CCCOCCNS(=O)(=O)Nc1ncnc(OCCOc2ncc(Br)cn2)c1-c1ccc2c(c1)OCO2. The number of nitrogens with zero attached hydrogens (tertiary/aromatic N) is 4. The summed E-state index contributed by atoms with van der Waals surface area (Å²) in [6.45, 7) is 3.14. The quantitative estimate of drug-likeness (QED) is 0.263. The number of nitrogens with one attached hydrogen (secondary N) is 2. The molecule has 4 rings (SSSR count). The molecular weight excluding hydrogens is 572 g/mol. The topological polar surface area (TPSA) is 156 Å². The van der Waals surface area contributed by atoms with Crippen molar-refractivity contribution < 1.29 is 32.1 Å². The van der Waals surface area contributed by atoms with E-state index >= 15 is 0 Å². The van der Waals surface area contributed by atoms with E-state index in [1.165, 1.54) is 6.33 Å². The molecule has 1 aromatic carbocycles. The molecule has 0 atom stereocenters. The first-order chi connectivity index (χ1) is 17.9. The second-order valence-electron chi connectivity index (χ2n) is 7.46. The number of fused-ring (bicyclic) bond motifs is 1. The third kappa shape index (κ3) is 7.61. The zero-order valence-electron chi connectivity index (χ0n) is 19.8. The minimum Gasteiger partial charge on any atom is -0.473 e. The van der Waals surface area contributed by atoms with Gasteiger partial charge in [0.2, 0.25) is 12.7 Å². The van der Waals surface area contributed by atoms with Gasteiger partial charge in [0.15, 0.2) is 17.3 Å². The zero-order valence-corrected chi connectivity index (χ0v) is 22.2. The lowest BCUT2D eigenvalue weighted by molar-refractivity contribution is 0.140. The zero-order chi connectivity index (χ0) is 26.1. The van der Waals surface area contributed by atoms with Gasteiger partial charge in [-0.2, -0.15) is 13.1 Å². The summed E-state index contributed by atoms with van der Waals surface area (Å²) in [7, 11) is -3.97. The van der Waals surface area contributed by atoms with Crippen molar-refractivity contribution in [1.82, 2.24) is 24.7 Å². The number of aromatic nitrogens is 4. The van der Waals surface area contributed by atoms with Gasteiger partial charge in [-0.1, -0.05) is 13.0 Å². The average molecular weight is 597 g/mol. The Balaban J connectivity index is 1.52. The number of anilines is 1. The maximum Gasteiger partial charge on any atom is 0.316 e. The Morgan fingerprint density at radius 1 is 1.00 bits per heavy atom. The second kappa shape index (κ2) is 12.8. The Labute approximate surface area is 222 Å². The van der Waals surface area contributed by atoms with Crippen molar-refractivity contribution in [2.75, 3.05) is 44.5 Å². The molecule has 0 fully saturated rings. The van der Waals surface area contributed by atoms with Gasteiger partial charge in [-0.15, -0.1) is 0 Å². The van der Waals surface area contributed by atoms with Crippen molar-refractivity contribution in [2.24, 2.45) is 0 Å². The van der Waals surface area contributed by atoms with E-state index in [9.17, 15) is 8.42 Å². The Morgan fingerprint density at radius 3 is 2.59 bits per heavy atom. The Hall–Kier alpha value is -3.27. The van der Waals surface area contributed by atoms with E-state index in [2.05, 4.69) is 45.3 Å². The molecule has 2 aromatic heterocycles. The molecule has 15 heteroatoms. The highest BCUT2D eigenvalue weighted by atomic mass is 79.9. The van der Waals surface area contributed by atoms with Crippen molar-refractivity contribution in [1.29, 1.82) is 0 Å². The van der Waals surface area contributed by atoms with Gasteiger partial charge < -0.3 is 23.7 Å². The monoisotopic (exact) mass is 596 g/mol. The first-order valence-corrected chi connectivity index (χ1v) is 13.6. The van der Waals surface area contributed by atoms with Gasteiger partial charge in [0.25, 0.3) is 10.2 Å². The summed E-state index contributed by atoms with van der Waals surface area (Å²) in [6.07, 6.45) is 5.17. The molecule has 0 saturated carbocycles. The summed E-state index contributed by atoms with van der Waals surface area (Å²) in [6, 6.07) is 5.33. The van der Waals surface area contributed by atoms with Crippen LogP contribution < -0.4 is 28.4 Å². The van der Waals surface area contributed by atoms with Gasteiger partial charge in [-0.25, -0.2) is 19.9 Å². The highest BCUT2D eigenvalue weighted by Gasteiger charge is 2.22. The highest BCUT2D eigenvalue weighted by molar-refractivity contribution is 9.10. The van der Waals surface area contributed by atoms with E-state index in [-0.39, 0.29) is 50.9 Å². The first kappa shape index (κ1) is 26.8. The molecule has 13 nitrogen and oxygen atoms in total. The van der Waals surface area contributed by atoms with Crippen LogP contribution in [-0.2, 0) is 14.9 Å². The van der Waals surface area contributed by atoms with Crippen LogP contribution in [0.15, 0.2) is 41.4 Å². The van der Waals surface area contributed by atoms with E-state index in [1.54, 1.807) is 30.6 Å². The number of hydrogen-bond donors (Lipinski definition) is 2. The molecule has 37 heavy (non-hydrogen) atoms. The molecule has 198 valence electrons. The molecule has 0 amide bonds. The largest absolute Gasteiger partial charge is 0.473 e. The molecule has 0 unspecified atom stereocenters. The molecule has 1 aliphatic rings. The lowest BCUT2D eigenvalue weighted by Gasteiger charge is -2.16. The van der Waals surface area contributed by atoms with Crippen LogP contribution in [0, 0.1) is 0 Å². The third-order valence-corrected chi connectivity index (χ3v) is 6.20. The van der Waals surface area contributed by atoms with Gasteiger partial charge in [-0.05, 0) is 40.0 Å². The van der Waals surface area contributed by atoms with Gasteiger partial charge in [0.05, 0.1) is 16.6 Å². The molecule has 0 saturated heterocycles.